The Morgan fingerprint density at radius 3 is 1.14 bits per heavy atom. The van der Waals surface area contributed by atoms with Crippen LogP contribution in [0, 0.1) is 27.7 Å². The van der Waals surface area contributed by atoms with Crippen LogP contribution in [0.5, 0.6) is 0 Å². The van der Waals surface area contributed by atoms with E-state index in [1.54, 1.807) is 0 Å². The first-order valence-electron chi connectivity index (χ1n) is 19.2. The Morgan fingerprint density at radius 2 is 0.863 bits per heavy atom. The molecule has 0 fully saturated rings. The van der Waals surface area contributed by atoms with Crippen LogP contribution >= 0.6 is 17.0 Å². The zero-order chi connectivity index (χ0) is 37.4. The topological polar surface area (TPSA) is 0 Å². The molecule has 51 heavy (non-hydrogen) atoms. The predicted octanol–water partition coefficient (Wildman–Crippen LogP) is 15.7. The van der Waals surface area contributed by atoms with Gasteiger partial charge in [0.05, 0.1) is 0 Å². The molecule has 0 bridgehead atoms. The zero-order valence-corrected chi connectivity index (χ0v) is 37.4. The number of hydrogen-bond acceptors (Lipinski definition) is 0. The van der Waals surface area contributed by atoms with Crippen LogP contribution in [0.25, 0.3) is 34.4 Å². The molecule has 269 valence electrons. The van der Waals surface area contributed by atoms with Crippen molar-refractivity contribution in [3.05, 3.63) is 127 Å². The van der Waals surface area contributed by atoms with Crippen molar-refractivity contribution in [1.29, 1.82) is 0 Å². The fourth-order valence-electron chi connectivity index (χ4n) is 9.62. The summed E-state index contributed by atoms with van der Waals surface area (Å²) in [7, 11) is 17.3. The molecule has 2 aliphatic carbocycles. The number of allylic oxidation sites excluding steroid dienone is 2. The third-order valence-corrected chi connectivity index (χ3v) is 33.0. The second-order valence-corrected chi connectivity index (χ2v) is 40.7. The molecular formula is C48H59Cl2Zr. The second-order valence-electron chi connectivity index (χ2n) is 17.8. The van der Waals surface area contributed by atoms with Gasteiger partial charge in [-0.2, -0.15) is 0 Å². The Bertz CT molecular complexity index is 1930. The Morgan fingerprint density at radius 1 is 0.529 bits per heavy atom. The minimum atomic E-state index is -4.93. The van der Waals surface area contributed by atoms with Crippen molar-refractivity contribution in [3.8, 4) is 22.3 Å². The van der Waals surface area contributed by atoms with Gasteiger partial charge in [0.2, 0.25) is 0 Å². The van der Waals surface area contributed by atoms with Crippen LogP contribution in [0.2, 0.25) is 4.13 Å². The Balaban J connectivity index is 1.58. The van der Waals surface area contributed by atoms with Crippen LogP contribution < -0.4 is 0 Å². The van der Waals surface area contributed by atoms with Gasteiger partial charge in [0.1, 0.15) is 0 Å². The maximum atomic E-state index is 8.65. The van der Waals surface area contributed by atoms with E-state index in [4.69, 9.17) is 17.0 Å². The van der Waals surface area contributed by atoms with E-state index in [1.807, 2.05) is 0 Å². The van der Waals surface area contributed by atoms with Gasteiger partial charge in [-0.25, -0.2) is 0 Å². The second kappa shape index (κ2) is 13.3. The number of rotatable bonds is 7. The van der Waals surface area contributed by atoms with Crippen LogP contribution in [0.1, 0.15) is 138 Å². The minimum absolute atomic E-state index is 0.0501. The van der Waals surface area contributed by atoms with Crippen molar-refractivity contribution in [2.45, 2.75) is 125 Å². The van der Waals surface area contributed by atoms with Crippen molar-refractivity contribution in [1.82, 2.24) is 0 Å². The van der Waals surface area contributed by atoms with Gasteiger partial charge in [-0.15, -0.1) is 0 Å². The summed E-state index contributed by atoms with van der Waals surface area (Å²) in [5.41, 5.74) is 21.7. The van der Waals surface area contributed by atoms with Crippen LogP contribution in [0.4, 0.5) is 0 Å². The number of aryl methyl sites for hydroxylation is 4. The molecule has 0 nitrogen and oxygen atoms in total. The standard InChI is InChI=1S/2C23H27.C2H5.2ClH.Zr/c2*1-7-17-13-20-15(2)12-16(3)22(21(20)14-17)18-8-10-19(11-9-18)23(4,5)6;1-2;;;/h2*8-14H,7H2,1-6H3;1H2,2H3;2*1H;/q;;;;;+2/p-2. The van der Waals surface area contributed by atoms with Crippen molar-refractivity contribution in [2.75, 3.05) is 0 Å². The molecule has 4 aromatic rings. The summed E-state index contributed by atoms with van der Waals surface area (Å²) in [5, 5.41) is 0. The molecule has 0 amide bonds. The van der Waals surface area contributed by atoms with Gasteiger partial charge < -0.3 is 0 Å². The average Bonchev–Trinajstić information content (AvgIpc) is 3.66. The molecule has 6 rings (SSSR count). The Hall–Kier alpha value is -2.18. The van der Waals surface area contributed by atoms with E-state index in [1.165, 1.54) is 89.0 Å². The molecule has 0 saturated carbocycles. The monoisotopic (exact) mass is 795 g/mol. The van der Waals surface area contributed by atoms with Gasteiger partial charge in [-0.3, -0.25) is 0 Å². The van der Waals surface area contributed by atoms with Crippen molar-refractivity contribution < 1.29 is 16.4 Å². The third kappa shape index (κ3) is 6.34. The SMILES string of the molecule is CCC1=Cc2c(-c3ccc(C(C)(C)C)cc3)c(C)cc(C)c2[CH]1[Zr]([Cl])([Cl])([CH2]C)[CH]1C(CC)=Cc2c(-c3ccc(C(C)(C)C)cc3)c(C)cc(C)c21. The molecule has 0 heterocycles. The summed E-state index contributed by atoms with van der Waals surface area (Å²) >= 11 is -4.93. The summed E-state index contributed by atoms with van der Waals surface area (Å²) in [6, 6.07) is 23.3. The van der Waals surface area contributed by atoms with E-state index in [2.05, 4.69) is 163 Å². The normalized spacial score (nSPS) is 18.2. The summed E-state index contributed by atoms with van der Waals surface area (Å²) in [4.78, 5) is 0. The molecule has 2 aliphatic rings. The molecule has 0 saturated heterocycles. The first kappa shape index (κ1) is 38.5. The number of fused-ring (bicyclic) bond motifs is 2. The van der Waals surface area contributed by atoms with Crippen molar-refractivity contribution in [3.63, 3.8) is 0 Å². The van der Waals surface area contributed by atoms with Crippen LogP contribution in [-0.4, -0.2) is 0 Å². The molecule has 0 aromatic heterocycles. The summed E-state index contributed by atoms with van der Waals surface area (Å²) in [6.07, 6.45) is 6.87. The zero-order valence-electron chi connectivity index (χ0n) is 33.5. The van der Waals surface area contributed by atoms with E-state index in [0.717, 1.165) is 17.0 Å². The summed E-state index contributed by atoms with van der Waals surface area (Å²) in [6.45, 7) is 29.7. The molecule has 0 spiro atoms. The van der Waals surface area contributed by atoms with Gasteiger partial charge >= 0.3 is 320 Å². The Kier molecular flexibility index (Phi) is 10.0. The van der Waals surface area contributed by atoms with Crippen LogP contribution in [-0.2, 0) is 27.2 Å². The molecule has 3 heteroatoms. The molecule has 2 unspecified atom stereocenters. The fraction of sp³-hybridized carbons (Fsp3) is 0.417. The van der Waals surface area contributed by atoms with E-state index < -0.39 is 16.4 Å². The predicted molar refractivity (Wildman–Crippen MR) is 224 cm³/mol. The van der Waals surface area contributed by atoms with Crippen LogP contribution in [0.15, 0.2) is 71.8 Å². The molecular weight excluding hydrogens is 739 g/mol. The van der Waals surface area contributed by atoms with Gasteiger partial charge in [0.25, 0.3) is 0 Å². The molecule has 0 radical (unpaired) electrons. The Labute approximate surface area is 318 Å². The fourth-order valence-corrected chi connectivity index (χ4v) is 28.3. The van der Waals surface area contributed by atoms with Gasteiger partial charge in [-0.05, 0) is 0 Å². The van der Waals surface area contributed by atoms with E-state index in [0.29, 0.717) is 0 Å². The molecule has 4 aromatic carbocycles. The molecule has 2 atom stereocenters. The van der Waals surface area contributed by atoms with Crippen molar-refractivity contribution in [2.24, 2.45) is 0 Å². The van der Waals surface area contributed by atoms with Gasteiger partial charge in [0.15, 0.2) is 0 Å². The van der Waals surface area contributed by atoms with E-state index in [-0.39, 0.29) is 18.1 Å². The van der Waals surface area contributed by atoms with E-state index >= 15 is 0 Å². The van der Waals surface area contributed by atoms with E-state index in [9.17, 15) is 0 Å². The maximum absolute atomic E-state index is 8.65. The summed E-state index contributed by atoms with van der Waals surface area (Å²) < 4.78 is 0.919. The number of benzene rings is 4. The van der Waals surface area contributed by atoms with Gasteiger partial charge in [0, 0.05) is 0 Å². The first-order chi connectivity index (χ1) is 23.8. The van der Waals surface area contributed by atoms with Crippen LogP contribution in [0.3, 0.4) is 0 Å². The quantitative estimate of drug-likeness (QED) is 0.175. The number of hydrogen-bond donors (Lipinski definition) is 0. The van der Waals surface area contributed by atoms with Gasteiger partial charge in [-0.1, -0.05) is 0 Å². The molecule has 0 aliphatic heterocycles. The average molecular weight is 798 g/mol. The number of halogens is 2. The summed E-state index contributed by atoms with van der Waals surface area (Å²) in [5.74, 6) is 0. The third-order valence-electron chi connectivity index (χ3n) is 12.4. The van der Waals surface area contributed by atoms with Crippen molar-refractivity contribution >= 4 is 29.2 Å². The molecule has 0 N–H and O–H groups in total. The first-order valence-corrected chi connectivity index (χ1v) is 30.2.